The van der Waals surface area contributed by atoms with Gasteiger partial charge in [-0.25, -0.2) is 9.98 Å². The largest absolute Gasteiger partial charge is 0.288 e. The minimum atomic E-state index is -0.297. The summed E-state index contributed by atoms with van der Waals surface area (Å²) in [5.41, 5.74) is 2.36. The number of aromatic nitrogens is 3. The molecule has 0 bridgehead atoms. The van der Waals surface area contributed by atoms with Gasteiger partial charge < -0.3 is 0 Å². The molecule has 3 aromatic rings. The molecule has 1 amide bonds. The molecule has 0 fully saturated rings. The van der Waals surface area contributed by atoms with Crippen molar-refractivity contribution in [3.8, 4) is 10.6 Å². The van der Waals surface area contributed by atoms with E-state index in [1.165, 1.54) is 17.6 Å². The molecule has 0 unspecified atom stereocenters. The highest BCUT2D eigenvalue weighted by Gasteiger charge is 2.15. The molecule has 5 nitrogen and oxygen atoms in total. The van der Waals surface area contributed by atoms with E-state index in [1.807, 2.05) is 25.1 Å². The van der Waals surface area contributed by atoms with Gasteiger partial charge >= 0.3 is 0 Å². The van der Waals surface area contributed by atoms with Crippen LogP contribution in [0.15, 0.2) is 54.0 Å². The molecular formula is C16H12N4OS. The van der Waals surface area contributed by atoms with Crippen LogP contribution in [-0.2, 0) is 0 Å². The summed E-state index contributed by atoms with van der Waals surface area (Å²) < 4.78 is 0. The maximum Gasteiger partial charge on any atom is 0.288 e. The third-order valence-electron chi connectivity index (χ3n) is 2.91. The minimum absolute atomic E-state index is 0.297. The van der Waals surface area contributed by atoms with Gasteiger partial charge in [0.2, 0.25) is 0 Å². The van der Waals surface area contributed by atoms with Crippen LogP contribution in [0, 0.1) is 6.92 Å². The topological polar surface area (TPSA) is 68.1 Å². The smallest absolute Gasteiger partial charge is 0.266 e. The van der Waals surface area contributed by atoms with Gasteiger partial charge in [0.1, 0.15) is 9.88 Å². The van der Waals surface area contributed by atoms with Gasteiger partial charge in [-0.05, 0) is 25.1 Å². The molecule has 0 aliphatic rings. The predicted octanol–water partition coefficient (Wildman–Crippen LogP) is 3.17. The van der Waals surface area contributed by atoms with Crippen molar-refractivity contribution in [2.24, 2.45) is 4.99 Å². The first-order chi connectivity index (χ1) is 10.7. The Morgan fingerprint density at radius 3 is 2.64 bits per heavy atom. The van der Waals surface area contributed by atoms with Crippen molar-refractivity contribution in [1.82, 2.24) is 15.0 Å². The zero-order valence-corrected chi connectivity index (χ0v) is 12.6. The second-order valence-corrected chi connectivity index (χ2v) is 5.52. The van der Waals surface area contributed by atoms with Gasteiger partial charge in [0, 0.05) is 42.1 Å². The molecular weight excluding hydrogens is 296 g/mol. The molecule has 6 heteroatoms. The predicted molar refractivity (Wildman–Crippen MR) is 86.2 cm³/mol. The van der Waals surface area contributed by atoms with Crippen LogP contribution in [0.2, 0.25) is 0 Å². The number of carbonyl (C=O) groups is 1. The first-order valence-electron chi connectivity index (χ1n) is 6.60. The Hall–Kier alpha value is -2.73. The van der Waals surface area contributed by atoms with Crippen LogP contribution in [0.25, 0.3) is 10.6 Å². The van der Waals surface area contributed by atoms with Crippen LogP contribution in [0.4, 0.5) is 0 Å². The fraction of sp³-hybridized carbons (Fsp3) is 0.0625. The van der Waals surface area contributed by atoms with Gasteiger partial charge in [0.25, 0.3) is 5.91 Å². The first kappa shape index (κ1) is 14.2. The fourth-order valence-corrected chi connectivity index (χ4v) is 2.80. The molecule has 0 aliphatic carbocycles. The molecule has 3 heterocycles. The van der Waals surface area contributed by atoms with Crippen LogP contribution in [-0.4, -0.2) is 27.1 Å². The number of rotatable bonds is 3. The number of nitrogens with zero attached hydrogens (tertiary/aromatic N) is 4. The van der Waals surface area contributed by atoms with Crippen molar-refractivity contribution in [2.45, 2.75) is 6.92 Å². The van der Waals surface area contributed by atoms with Crippen molar-refractivity contribution in [3.63, 3.8) is 0 Å². The number of pyridine rings is 2. The van der Waals surface area contributed by atoms with Gasteiger partial charge in [-0.3, -0.25) is 14.8 Å². The molecule has 0 saturated heterocycles. The lowest BCUT2D eigenvalue weighted by atomic mass is 10.3. The summed E-state index contributed by atoms with van der Waals surface area (Å²) in [6.45, 7) is 1.81. The van der Waals surface area contributed by atoms with Gasteiger partial charge in [0.05, 0.1) is 5.69 Å². The fourth-order valence-electron chi connectivity index (χ4n) is 1.85. The minimum Gasteiger partial charge on any atom is -0.266 e. The van der Waals surface area contributed by atoms with Gasteiger partial charge in [-0.15, -0.1) is 11.3 Å². The average Bonchev–Trinajstić information content (AvgIpc) is 2.96. The van der Waals surface area contributed by atoms with Crippen LogP contribution in [0.1, 0.15) is 20.9 Å². The molecule has 3 rings (SSSR count). The number of aliphatic imine (C=N–C) groups is 1. The Morgan fingerprint density at radius 1 is 1.18 bits per heavy atom. The lowest BCUT2D eigenvalue weighted by Gasteiger charge is -1.92. The van der Waals surface area contributed by atoms with E-state index < -0.39 is 0 Å². The van der Waals surface area contributed by atoms with E-state index in [9.17, 15) is 4.79 Å². The van der Waals surface area contributed by atoms with Crippen molar-refractivity contribution in [2.75, 3.05) is 0 Å². The van der Waals surface area contributed by atoms with Gasteiger partial charge in [-0.1, -0.05) is 6.07 Å². The van der Waals surface area contributed by atoms with Crippen LogP contribution in [0.5, 0.6) is 0 Å². The highest BCUT2D eigenvalue weighted by molar-refractivity contribution is 7.17. The lowest BCUT2D eigenvalue weighted by Crippen LogP contribution is -1.95. The van der Waals surface area contributed by atoms with Crippen molar-refractivity contribution < 1.29 is 4.79 Å². The van der Waals surface area contributed by atoms with E-state index in [1.54, 1.807) is 30.9 Å². The number of hydrogen-bond donors (Lipinski definition) is 0. The summed E-state index contributed by atoms with van der Waals surface area (Å²) in [4.78, 5) is 29.2. The maximum atomic E-state index is 12.2. The monoisotopic (exact) mass is 308 g/mol. The summed E-state index contributed by atoms with van der Waals surface area (Å²) in [6.07, 6.45) is 8.27. The molecule has 0 radical (unpaired) electrons. The van der Waals surface area contributed by atoms with Gasteiger partial charge in [-0.2, -0.15) is 0 Å². The van der Waals surface area contributed by atoms with E-state index in [0.29, 0.717) is 10.6 Å². The molecule has 0 saturated carbocycles. The number of amides is 1. The third kappa shape index (κ3) is 3.12. The molecule has 0 spiro atoms. The standard InChI is InChI=1S/C16H12N4OS/c1-11-14(15(21)19-9-12-4-2-6-17-8-12)22-16(20-11)13-5-3-7-18-10-13/h2-10H,1H3. The van der Waals surface area contributed by atoms with E-state index in [2.05, 4.69) is 19.9 Å². The normalized spacial score (nSPS) is 11.0. The lowest BCUT2D eigenvalue weighted by molar-refractivity contribution is 0.101. The highest BCUT2D eigenvalue weighted by Crippen LogP contribution is 2.27. The molecule has 108 valence electrons. The Bertz CT molecular complexity index is 813. The summed E-state index contributed by atoms with van der Waals surface area (Å²) in [5.74, 6) is -0.297. The van der Waals surface area contributed by atoms with Crippen LogP contribution in [0.3, 0.4) is 0 Å². The Morgan fingerprint density at radius 2 is 1.95 bits per heavy atom. The Labute approximate surface area is 131 Å². The maximum absolute atomic E-state index is 12.2. The van der Waals surface area contributed by atoms with Crippen LogP contribution >= 0.6 is 11.3 Å². The average molecular weight is 308 g/mol. The number of hydrogen-bond acceptors (Lipinski definition) is 5. The highest BCUT2D eigenvalue weighted by atomic mass is 32.1. The van der Waals surface area contributed by atoms with Crippen LogP contribution < -0.4 is 0 Å². The zero-order chi connectivity index (χ0) is 15.4. The van der Waals surface area contributed by atoms with E-state index in [-0.39, 0.29) is 5.91 Å². The zero-order valence-electron chi connectivity index (χ0n) is 11.8. The molecule has 0 aromatic carbocycles. The van der Waals surface area contributed by atoms with Crippen molar-refractivity contribution in [1.29, 1.82) is 0 Å². The summed E-state index contributed by atoms with van der Waals surface area (Å²) >= 11 is 1.33. The van der Waals surface area contributed by atoms with E-state index >= 15 is 0 Å². The molecule has 0 N–H and O–H groups in total. The summed E-state index contributed by atoms with van der Waals surface area (Å²) in [5, 5.41) is 0.769. The van der Waals surface area contributed by atoms with Gasteiger partial charge in [0.15, 0.2) is 0 Å². The molecule has 0 aliphatic heterocycles. The third-order valence-corrected chi connectivity index (χ3v) is 4.11. The second-order valence-electron chi connectivity index (χ2n) is 4.52. The first-order valence-corrected chi connectivity index (χ1v) is 7.42. The number of aryl methyl sites for hydroxylation is 1. The van der Waals surface area contributed by atoms with Crippen molar-refractivity contribution >= 4 is 23.5 Å². The van der Waals surface area contributed by atoms with E-state index in [4.69, 9.17) is 0 Å². The quantitative estimate of drug-likeness (QED) is 0.697. The Kier molecular flexibility index (Phi) is 4.11. The molecule has 0 atom stereocenters. The second kappa shape index (κ2) is 6.36. The molecule has 22 heavy (non-hydrogen) atoms. The molecule has 3 aromatic heterocycles. The SMILES string of the molecule is Cc1nc(-c2cccnc2)sc1C(=O)N=Cc1cccnc1. The summed E-state index contributed by atoms with van der Waals surface area (Å²) in [7, 11) is 0. The summed E-state index contributed by atoms with van der Waals surface area (Å²) in [6, 6.07) is 7.39. The van der Waals surface area contributed by atoms with Crippen molar-refractivity contribution in [3.05, 3.63) is 65.2 Å². The number of thiazole rings is 1. The van der Waals surface area contributed by atoms with E-state index in [0.717, 1.165) is 16.1 Å². The number of carbonyl (C=O) groups excluding carboxylic acids is 1. The Balaban J connectivity index is 1.85.